The molecule has 1 amide bonds. The molecule has 0 spiro atoms. The third-order valence-electron chi connectivity index (χ3n) is 4.59. The average molecular weight is 298 g/mol. The Morgan fingerprint density at radius 3 is 2.65 bits per heavy atom. The van der Waals surface area contributed by atoms with Gasteiger partial charge in [0, 0.05) is 11.3 Å². The smallest absolute Gasteiger partial charge is 0.241 e. The van der Waals surface area contributed by atoms with Gasteiger partial charge in [-0.25, -0.2) is 0 Å². The normalized spacial score (nSPS) is 28.4. The molecule has 0 bridgehead atoms. The third kappa shape index (κ3) is 3.70. The molecule has 1 saturated carbocycles. The number of rotatable bonds is 8. The lowest BCUT2D eigenvalue weighted by atomic mass is 10.1. The highest BCUT2D eigenvalue weighted by Crippen LogP contribution is 2.48. The lowest BCUT2D eigenvalue weighted by Gasteiger charge is -2.29. The van der Waals surface area contributed by atoms with Crippen molar-refractivity contribution in [3.63, 3.8) is 0 Å². The Morgan fingerprint density at radius 1 is 1.45 bits per heavy atom. The molecule has 20 heavy (non-hydrogen) atoms. The molecule has 1 aliphatic carbocycles. The summed E-state index contributed by atoms with van der Waals surface area (Å²) in [7, 11) is 0. The Bertz CT molecular complexity index is 341. The highest BCUT2D eigenvalue weighted by atomic mass is 32.2. The van der Waals surface area contributed by atoms with Crippen LogP contribution >= 0.6 is 11.8 Å². The molecular formula is C16H30N2OS. The quantitative estimate of drug-likeness (QED) is 0.746. The van der Waals surface area contributed by atoms with Crippen LogP contribution in [-0.2, 0) is 4.79 Å². The fourth-order valence-corrected chi connectivity index (χ4v) is 3.85. The number of nitrogens with zero attached hydrogens (tertiary/aromatic N) is 1. The first-order chi connectivity index (χ1) is 9.51. The molecule has 1 saturated heterocycles. The summed E-state index contributed by atoms with van der Waals surface area (Å²) < 4.78 is 0.367. The monoisotopic (exact) mass is 298 g/mol. The van der Waals surface area contributed by atoms with Crippen LogP contribution in [0.15, 0.2) is 0 Å². The molecule has 2 unspecified atom stereocenters. The van der Waals surface area contributed by atoms with Crippen LogP contribution in [-0.4, -0.2) is 40.6 Å². The van der Waals surface area contributed by atoms with E-state index in [1.54, 1.807) is 0 Å². The van der Waals surface area contributed by atoms with Crippen molar-refractivity contribution in [3.05, 3.63) is 0 Å². The summed E-state index contributed by atoms with van der Waals surface area (Å²) in [6, 6.07) is 0.0661. The van der Waals surface area contributed by atoms with E-state index in [2.05, 4.69) is 37.2 Å². The first-order valence-corrected chi connectivity index (χ1v) is 9.35. The van der Waals surface area contributed by atoms with Gasteiger partial charge in [0.1, 0.15) is 0 Å². The summed E-state index contributed by atoms with van der Waals surface area (Å²) in [6.07, 6.45) is 9.35. The maximum Gasteiger partial charge on any atom is 0.241 e. The topological polar surface area (TPSA) is 32.3 Å². The van der Waals surface area contributed by atoms with E-state index in [4.69, 9.17) is 0 Å². The van der Waals surface area contributed by atoms with Crippen molar-refractivity contribution >= 4 is 17.7 Å². The molecule has 4 heteroatoms. The highest BCUT2D eigenvalue weighted by Gasteiger charge is 2.48. The summed E-state index contributed by atoms with van der Waals surface area (Å²) in [6.45, 7) is 7.62. The second kappa shape index (κ2) is 6.69. The van der Waals surface area contributed by atoms with Gasteiger partial charge in [0.15, 0.2) is 0 Å². The molecular weight excluding hydrogens is 268 g/mol. The van der Waals surface area contributed by atoms with Gasteiger partial charge < -0.3 is 4.90 Å². The number of hydrogen-bond donors (Lipinski definition) is 1. The molecule has 0 aromatic heterocycles. The van der Waals surface area contributed by atoms with Gasteiger partial charge in [-0.1, -0.05) is 33.6 Å². The lowest BCUT2D eigenvalue weighted by molar-refractivity contribution is -0.130. The third-order valence-corrected chi connectivity index (χ3v) is 5.99. The van der Waals surface area contributed by atoms with Crippen LogP contribution in [0.25, 0.3) is 0 Å². The number of carbonyl (C=O) groups is 1. The maximum atomic E-state index is 12.7. The number of amides is 1. The largest absolute Gasteiger partial charge is 0.324 e. The zero-order valence-electron chi connectivity index (χ0n) is 13.4. The van der Waals surface area contributed by atoms with Gasteiger partial charge in [-0.05, 0) is 37.9 Å². The molecule has 0 aromatic rings. The minimum absolute atomic E-state index is 0.0661. The lowest BCUT2D eigenvalue weighted by Crippen LogP contribution is -2.42. The fourth-order valence-electron chi connectivity index (χ4n) is 3.07. The summed E-state index contributed by atoms with van der Waals surface area (Å²) in [5.41, 5.74) is 0. The Labute approximate surface area is 128 Å². The molecule has 116 valence electrons. The van der Waals surface area contributed by atoms with Gasteiger partial charge in [0.25, 0.3) is 0 Å². The first-order valence-electron chi connectivity index (χ1n) is 8.13. The zero-order valence-corrected chi connectivity index (χ0v) is 14.3. The molecule has 0 radical (unpaired) electrons. The van der Waals surface area contributed by atoms with Crippen molar-refractivity contribution < 1.29 is 4.79 Å². The molecule has 2 fully saturated rings. The second-order valence-electron chi connectivity index (χ2n) is 6.86. The van der Waals surface area contributed by atoms with E-state index in [9.17, 15) is 4.79 Å². The van der Waals surface area contributed by atoms with Crippen molar-refractivity contribution in [1.82, 2.24) is 10.2 Å². The molecule has 2 atom stereocenters. The predicted octanol–water partition coefficient (Wildman–Crippen LogP) is 3.24. The Balaban J connectivity index is 2.01. The Hall–Kier alpha value is -0.220. The Kier molecular flexibility index (Phi) is 5.41. The van der Waals surface area contributed by atoms with Crippen molar-refractivity contribution in [2.45, 2.75) is 76.3 Å². The van der Waals surface area contributed by atoms with Gasteiger partial charge in [0.2, 0.25) is 5.91 Å². The molecule has 1 heterocycles. The van der Waals surface area contributed by atoms with Crippen LogP contribution < -0.4 is 5.32 Å². The van der Waals surface area contributed by atoms with Crippen molar-refractivity contribution in [1.29, 1.82) is 0 Å². The number of hydrogen-bond acceptors (Lipinski definition) is 3. The van der Waals surface area contributed by atoms with Crippen LogP contribution in [0.3, 0.4) is 0 Å². The number of unbranched alkanes of at least 4 members (excludes halogenated alkanes) is 1. The van der Waals surface area contributed by atoms with Gasteiger partial charge in [-0.3, -0.25) is 10.1 Å². The second-order valence-corrected chi connectivity index (χ2v) is 8.13. The van der Waals surface area contributed by atoms with E-state index in [1.807, 2.05) is 11.8 Å². The van der Waals surface area contributed by atoms with E-state index in [-0.39, 0.29) is 12.2 Å². The van der Waals surface area contributed by atoms with Crippen LogP contribution in [0.5, 0.6) is 0 Å². The maximum absolute atomic E-state index is 12.7. The van der Waals surface area contributed by atoms with Gasteiger partial charge in [0.05, 0.1) is 12.2 Å². The summed E-state index contributed by atoms with van der Waals surface area (Å²) in [5, 5.41) is 3.60. The predicted molar refractivity (Wildman–Crippen MR) is 86.9 cm³/mol. The zero-order chi connectivity index (χ0) is 14.8. The fraction of sp³-hybridized carbons (Fsp3) is 0.938. The van der Waals surface area contributed by atoms with E-state index >= 15 is 0 Å². The number of carbonyl (C=O) groups excluding carboxylic acids is 1. The van der Waals surface area contributed by atoms with Crippen LogP contribution in [0.1, 0.15) is 59.3 Å². The van der Waals surface area contributed by atoms with Crippen molar-refractivity contribution in [2.75, 3.05) is 12.8 Å². The summed E-state index contributed by atoms with van der Waals surface area (Å²) in [5.74, 6) is 0.974. The van der Waals surface area contributed by atoms with E-state index in [0.29, 0.717) is 16.6 Å². The summed E-state index contributed by atoms with van der Waals surface area (Å²) >= 11 is 1.95. The van der Waals surface area contributed by atoms with Crippen LogP contribution in [0.2, 0.25) is 0 Å². The molecule has 1 N–H and O–H groups in total. The standard InChI is InChI=1S/C16H30N2OS/c1-5-6-7-13-15(19)18(11-16(20-4)8-9-16)14(17-13)10-12(2)3/h12-14,17H,5-11H2,1-4H3. The van der Waals surface area contributed by atoms with Gasteiger partial charge in [-0.15, -0.1) is 0 Å². The number of nitrogens with one attached hydrogen (secondary N) is 1. The van der Waals surface area contributed by atoms with E-state index < -0.39 is 0 Å². The highest BCUT2D eigenvalue weighted by molar-refractivity contribution is 8.00. The van der Waals surface area contributed by atoms with E-state index in [0.717, 1.165) is 32.2 Å². The molecule has 2 rings (SSSR count). The van der Waals surface area contributed by atoms with Crippen molar-refractivity contribution in [3.8, 4) is 0 Å². The molecule has 3 nitrogen and oxygen atoms in total. The Morgan fingerprint density at radius 2 is 2.15 bits per heavy atom. The van der Waals surface area contributed by atoms with Crippen LogP contribution in [0, 0.1) is 5.92 Å². The minimum atomic E-state index is 0.0661. The number of thioether (sulfide) groups is 1. The average Bonchev–Trinajstić information content (AvgIpc) is 3.13. The van der Waals surface area contributed by atoms with E-state index in [1.165, 1.54) is 12.8 Å². The SMILES string of the molecule is CCCCC1NC(CC(C)C)N(CC2(SC)CC2)C1=O. The van der Waals surface area contributed by atoms with Crippen molar-refractivity contribution in [2.24, 2.45) is 5.92 Å². The van der Waals surface area contributed by atoms with Crippen LogP contribution in [0.4, 0.5) is 0 Å². The molecule has 1 aliphatic heterocycles. The molecule has 0 aromatic carbocycles. The minimum Gasteiger partial charge on any atom is -0.324 e. The molecule has 2 aliphatic rings. The van der Waals surface area contributed by atoms with Gasteiger partial charge in [-0.2, -0.15) is 11.8 Å². The van der Waals surface area contributed by atoms with Gasteiger partial charge >= 0.3 is 0 Å². The summed E-state index contributed by atoms with van der Waals surface area (Å²) in [4.78, 5) is 14.8. The first kappa shape index (κ1) is 16.2.